The molecular formula is C17H15ClN2O5. The van der Waals surface area contributed by atoms with E-state index in [1.54, 1.807) is 48.5 Å². The van der Waals surface area contributed by atoms with Crippen LogP contribution >= 0.6 is 11.6 Å². The summed E-state index contributed by atoms with van der Waals surface area (Å²) in [5.74, 6) is -0.548. The lowest BCUT2D eigenvalue weighted by atomic mass is 10.2. The van der Waals surface area contributed by atoms with E-state index >= 15 is 0 Å². The van der Waals surface area contributed by atoms with Crippen LogP contribution in [0.2, 0.25) is 5.02 Å². The van der Waals surface area contributed by atoms with Crippen LogP contribution in [0.4, 0.5) is 0 Å². The number of nitrogens with zero attached hydrogens (tertiary/aromatic N) is 1. The Morgan fingerprint density at radius 3 is 2.48 bits per heavy atom. The largest absolute Gasteiger partial charge is 0.484 e. The van der Waals surface area contributed by atoms with Crippen LogP contribution in [-0.4, -0.2) is 36.4 Å². The topological polar surface area (TPSA) is 97.2 Å². The van der Waals surface area contributed by atoms with Crippen molar-refractivity contribution >= 4 is 29.7 Å². The predicted octanol–water partition coefficient (Wildman–Crippen LogP) is 2.33. The minimum absolute atomic E-state index is 0.195. The number of hydrogen-bond donors (Lipinski definition) is 2. The molecule has 0 unspecified atom stereocenters. The van der Waals surface area contributed by atoms with Crippen LogP contribution in [0.5, 0.6) is 11.5 Å². The monoisotopic (exact) mass is 362 g/mol. The highest BCUT2D eigenvalue weighted by Crippen LogP contribution is 2.16. The lowest BCUT2D eigenvalue weighted by Crippen LogP contribution is -2.24. The molecule has 2 rings (SSSR count). The molecule has 0 fully saturated rings. The first kappa shape index (κ1) is 18.3. The van der Waals surface area contributed by atoms with Gasteiger partial charge in [0.2, 0.25) is 0 Å². The molecule has 0 heterocycles. The van der Waals surface area contributed by atoms with Gasteiger partial charge in [-0.2, -0.15) is 5.10 Å². The number of carboxylic acid groups (broad SMARTS) is 1. The Morgan fingerprint density at radius 1 is 1.08 bits per heavy atom. The molecule has 0 spiro atoms. The van der Waals surface area contributed by atoms with Crippen LogP contribution < -0.4 is 14.9 Å². The summed E-state index contributed by atoms with van der Waals surface area (Å²) in [5.41, 5.74) is 3.04. The number of carbonyl (C=O) groups is 2. The molecule has 2 aromatic rings. The van der Waals surface area contributed by atoms with Crippen molar-refractivity contribution in [2.24, 2.45) is 5.10 Å². The fraction of sp³-hybridized carbons (Fsp3) is 0.118. The van der Waals surface area contributed by atoms with Gasteiger partial charge < -0.3 is 14.6 Å². The highest BCUT2D eigenvalue weighted by molar-refractivity contribution is 6.30. The summed E-state index contributed by atoms with van der Waals surface area (Å²) < 4.78 is 10.3. The molecule has 8 heteroatoms. The van der Waals surface area contributed by atoms with E-state index in [0.717, 1.165) is 0 Å². The van der Waals surface area contributed by atoms with E-state index < -0.39 is 18.5 Å². The summed E-state index contributed by atoms with van der Waals surface area (Å²) in [4.78, 5) is 22.0. The van der Waals surface area contributed by atoms with Crippen LogP contribution in [0.1, 0.15) is 5.56 Å². The summed E-state index contributed by atoms with van der Waals surface area (Å²) >= 11 is 5.82. The molecule has 0 aliphatic heterocycles. The average Bonchev–Trinajstić information content (AvgIpc) is 2.59. The first-order valence-electron chi connectivity index (χ1n) is 7.18. The zero-order valence-corrected chi connectivity index (χ0v) is 13.8. The van der Waals surface area contributed by atoms with Crippen molar-refractivity contribution in [3.05, 3.63) is 59.1 Å². The number of amides is 1. The summed E-state index contributed by atoms with van der Waals surface area (Å²) in [6.45, 7) is -0.601. The minimum Gasteiger partial charge on any atom is -0.484 e. The summed E-state index contributed by atoms with van der Waals surface area (Å²) in [6, 6.07) is 13.3. The molecule has 0 atom stereocenters. The standard InChI is InChI=1S/C17H15ClN2O5/c18-13-2-1-3-15(8-13)24-10-16(21)20-19-9-12-4-6-14(7-5-12)25-11-17(22)23/h1-9H,10-11H2,(H,20,21)(H,22,23)/b19-9-. The zero-order chi connectivity index (χ0) is 18.1. The van der Waals surface area contributed by atoms with Crippen LogP contribution in [0.25, 0.3) is 0 Å². The fourth-order valence-electron chi connectivity index (χ4n) is 1.71. The van der Waals surface area contributed by atoms with E-state index in [0.29, 0.717) is 22.1 Å². The van der Waals surface area contributed by atoms with E-state index in [-0.39, 0.29) is 6.61 Å². The number of benzene rings is 2. The molecule has 0 saturated heterocycles. The van der Waals surface area contributed by atoms with Crippen molar-refractivity contribution in [3.8, 4) is 11.5 Å². The quantitative estimate of drug-likeness (QED) is 0.555. The van der Waals surface area contributed by atoms with Crippen molar-refractivity contribution in [2.45, 2.75) is 0 Å². The smallest absolute Gasteiger partial charge is 0.341 e. The van der Waals surface area contributed by atoms with Crippen LogP contribution in [0.15, 0.2) is 53.6 Å². The Kier molecular flexibility index (Phi) is 6.79. The van der Waals surface area contributed by atoms with Gasteiger partial charge in [-0.05, 0) is 48.0 Å². The Morgan fingerprint density at radius 2 is 1.80 bits per heavy atom. The molecule has 0 aromatic heterocycles. The van der Waals surface area contributed by atoms with Gasteiger partial charge in [-0.15, -0.1) is 0 Å². The molecular weight excluding hydrogens is 348 g/mol. The van der Waals surface area contributed by atoms with Crippen LogP contribution in [0, 0.1) is 0 Å². The predicted molar refractivity (Wildman–Crippen MR) is 92.3 cm³/mol. The molecule has 25 heavy (non-hydrogen) atoms. The molecule has 130 valence electrons. The first-order chi connectivity index (χ1) is 12.0. The van der Waals surface area contributed by atoms with Crippen molar-refractivity contribution in [3.63, 3.8) is 0 Å². The molecule has 0 aliphatic rings. The number of carboxylic acids is 1. The second-order valence-corrected chi connectivity index (χ2v) is 5.23. The van der Waals surface area contributed by atoms with Gasteiger partial charge in [0, 0.05) is 5.02 Å². The normalized spacial score (nSPS) is 10.4. The van der Waals surface area contributed by atoms with Gasteiger partial charge in [0.25, 0.3) is 5.91 Å². The second kappa shape index (κ2) is 9.29. The number of hydrazone groups is 1. The number of nitrogens with one attached hydrogen (secondary N) is 1. The van der Waals surface area contributed by atoms with E-state index in [2.05, 4.69) is 10.5 Å². The van der Waals surface area contributed by atoms with Gasteiger partial charge in [-0.3, -0.25) is 4.79 Å². The molecule has 0 saturated carbocycles. The van der Waals surface area contributed by atoms with Crippen LogP contribution in [0.3, 0.4) is 0 Å². The summed E-state index contributed by atoms with van der Waals surface area (Å²) in [7, 11) is 0. The van der Waals surface area contributed by atoms with Crippen molar-refractivity contribution in [1.29, 1.82) is 0 Å². The molecule has 0 aliphatic carbocycles. The Bertz CT molecular complexity index is 762. The highest BCUT2D eigenvalue weighted by atomic mass is 35.5. The first-order valence-corrected chi connectivity index (χ1v) is 7.55. The Balaban J connectivity index is 1.76. The number of ether oxygens (including phenoxy) is 2. The lowest BCUT2D eigenvalue weighted by molar-refractivity contribution is -0.139. The third kappa shape index (κ3) is 6.92. The Labute approximate surface area is 148 Å². The van der Waals surface area contributed by atoms with E-state index in [1.807, 2.05) is 0 Å². The number of carbonyl (C=O) groups excluding carboxylic acids is 1. The van der Waals surface area contributed by atoms with Crippen molar-refractivity contribution in [1.82, 2.24) is 5.43 Å². The molecule has 0 bridgehead atoms. The molecule has 2 aromatic carbocycles. The van der Waals surface area contributed by atoms with Crippen LogP contribution in [-0.2, 0) is 9.59 Å². The Hall–Kier alpha value is -3.06. The highest BCUT2D eigenvalue weighted by Gasteiger charge is 2.02. The number of hydrogen-bond acceptors (Lipinski definition) is 5. The average molecular weight is 363 g/mol. The van der Waals surface area contributed by atoms with Gasteiger partial charge in [0.1, 0.15) is 11.5 Å². The van der Waals surface area contributed by atoms with Gasteiger partial charge >= 0.3 is 5.97 Å². The third-order valence-corrected chi connectivity index (χ3v) is 3.05. The second-order valence-electron chi connectivity index (χ2n) is 4.79. The van der Waals surface area contributed by atoms with Gasteiger partial charge in [-0.25, -0.2) is 10.2 Å². The summed E-state index contributed by atoms with van der Waals surface area (Å²) in [6.07, 6.45) is 1.44. The maximum Gasteiger partial charge on any atom is 0.341 e. The fourth-order valence-corrected chi connectivity index (χ4v) is 1.89. The summed E-state index contributed by atoms with van der Waals surface area (Å²) in [5, 5.41) is 12.9. The maximum atomic E-state index is 11.6. The van der Waals surface area contributed by atoms with Crippen molar-refractivity contribution < 1.29 is 24.2 Å². The molecule has 0 radical (unpaired) electrons. The van der Waals surface area contributed by atoms with E-state index in [4.69, 9.17) is 26.2 Å². The molecule has 7 nitrogen and oxygen atoms in total. The number of halogens is 1. The molecule has 2 N–H and O–H groups in total. The van der Waals surface area contributed by atoms with Gasteiger partial charge in [-0.1, -0.05) is 17.7 Å². The van der Waals surface area contributed by atoms with E-state index in [1.165, 1.54) is 6.21 Å². The molecule has 1 amide bonds. The third-order valence-electron chi connectivity index (χ3n) is 2.81. The maximum absolute atomic E-state index is 11.6. The van der Waals surface area contributed by atoms with Crippen molar-refractivity contribution in [2.75, 3.05) is 13.2 Å². The SMILES string of the molecule is O=C(O)COc1ccc(/C=N\NC(=O)COc2cccc(Cl)c2)cc1. The zero-order valence-electron chi connectivity index (χ0n) is 13.0. The van der Waals surface area contributed by atoms with E-state index in [9.17, 15) is 9.59 Å². The van der Waals surface area contributed by atoms with Gasteiger partial charge in [0.15, 0.2) is 13.2 Å². The number of aliphatic carboxylic acids is 1. The minimum atomic E-state index is -1.05. The number of rotatable bonds is 8. The van der Waals surface area contributed by atoms with Gasteiger partial charge in [0.05, 0.1) is 6.21 Å². The lowest BCUT2D eigenvalue weighted by Gasteiger charge is -2.05.